The predicted octanol–water partition coefficient (Wildman–Crippen LogP) is 5.95. The molecule has 0 nitrogen and oxygen atoms in total. The minimum absolute atomic E-state index is 1.03. The molecular formula is C15H32. The number of rotatable bonds is 11. The first-order chi connectivity index (χ1) is 7.35. The van der Waals surface area contributed by atoms with Crippen molar-refractivity contribution in [2.45, 2.75) is 91.4 Å². The fraction of sp³-hybridized carbons (Fsp3) is 1.00. The molecule has 0 aromatic rings. The van der Waals surface area contributed by atoms with Crippen molar-refractivity contribution in [3.05, 3.63) is 0 Å². The first kappa shape index (κ1) is 15.0. The molecule has 1 atom stereocenters. The molecule has 0 spiro atoms. The highest BCUT2D eigenvalue weighted by atomic mass is 14.1. The molecule has 0 aromatic carbocycles. The Balaban J connectivity index is 3.28. The molecule has 0 N–H and O–H groups in total. The van der Waals surface area contributed by atoms with E-state index in [1.54, 1.807) is 0 Å². The lowest BCUT2D eigenvalue weighted by Crippen LogP contribution is -1.99. The van der Waals surface area contributed by atoms with E-state index in [1.807, 2.05) is 0 Å². The van der Waals surface area contributed by atoms with Gasteiger partial charge in [-0.05, 0) is 5.92 Å². The van der Waals surface area contributed by atoms with Crippen LogP contribution in [0.4, 0.5) is 0 Å². The van der Waals surface area contributed by atoms with E-state index in [4.69, 9.17) is 0 Å². The maximum Gasteiger partial charge on any atom is -0.0417 e. The van der Waals surface area contributed by atoms with Gasteiger partial charge >= 0.3 is 0 Å². The Bertz CT molecular complexity index is 107. The van der Waals surface area contributed by atoms with Gasteiger partial charge in [0.15, 0.2) is 0 Å². The van der Waals surface area contributed by atoms with Crippen molar-refractivity contribution in [3.63, 3.8) is 0 Å². The van der Waals surface area contributed by atoms with Gasteiger partial charge in [0.1, 0.15) is 0 Å². The van der Waals surface area contributed by atoms with E-state index in [1.165, 1.54) is 70.6 Å². The monoisotopic (exact) mass is 212 g/mol. The smallest absolute Gasteiger partial charge is 0.0417 e. The normalized spacial score (nSPS) is 13.0. The molecule has 0 aromatic heterocycles. The zero-order valence-electron chi connectivity index (χ0n) is 11.4. The number of hydrogen-bond acceptors (Lipinski definition) is 0. The van der Waals surface area contributed by atoms with Crippen LogP contribution >= 0.6 is 0 Å². The van der Waals surface area contributed by atoms with Crippen LogP contribution in [0, 0.1) is 5.92 Å². The second kappa shape index (κ2) is 12.1. The molecule has 0 radical (unpaired) electrons. The lowest BCUT2D eigenvalue weighted by molar-refractivity contribution is 0.396. The topological polar surface area (TPSA) is 0 Å². The molecular weight excluding hydrogens is 180 g/mol. The van der Waals surface area contributed by atoms with E-state index in [0.29, 0.717) is 0 Å². The van der Waals surface area contributed by atoms with E-state index in [9.17, 15) is 0 Å². The summed E-state index contributed by atoms with van der Waals surface area (Å²) >= 11 is 0. The maximum atomic E-state index is 2.36. The van der Waals surface area contributed by atoms with Gasteiger partial charge in [-0.25, -0.2) is 0 Å². The Morgan fingerprint density at radius 2 is 1.07 bits per heavy atom. The average Bonchev–Trinajstić information content (AvgIpc) is 2.26. The van der Waals surface area contributed by atoms with E-state index >= 15 is 0 Å². The van der Waals surface area contributed by atoms with Crippen LogP contribution in [0.15, 0.2) is 0 Å². The van der Waals surface area contributed by atoms with Crippen molar-refractivity contribution in [3.8, 4) is 0 Å². The van der Waals surface area contributed by atoms with Gasteiger partial charge in [-0.15, -0.1) is 0 Å². The Labute approximate surface area is 97.8 Å². The van der Waals surface area contributed by atoms with E-state index in [2.05, 4.69) is 20.8 Å². The first-order valence-electron chi connectivity index (χ1n) is 7.35. The molecule has 1 unspecified atom stereocenters. The van der Waals surface area contributed by atoms with Crippen molar-refractivity contribution in [1.29, 1.82) is 0 Å². The fourth-order valence-electron chi connectivity index (χ4n) is 2.27. The lowest BCUT2D eigenvalue weighted by Gasteiger charge is -2.14. The summed E-state index contributed by atoms with van der Waals surface area (Å²) in [4.78, 5) is 0. The molecule has 0 heteroatoms. The highest BCUT2D eigenvalue weighted by molar-refractivity contribution is 4.58. The summed E-state index contributed by atoms with van der Waals surface area (Å²) in [5.74, 6) is 1.03. The molecule has 0 aliphatic carbocycles. The van der Waals surface area contributed by atoms with Gasteiger partial charge in [-0.2, -0.15) is 0 Å². The molecule has 0 heterocycles. The summed E-state index contributed by atoms with van der Waals surface area (Å²) in [5, 5.41) is 0. The molecule has 15 heavy (non-hydrogen) atoms. The largest absolute Gasteiger partial charge is 0.0654 e. The summed E-state index contributed by atoms with van der Waals surface area (Å²) in [6.45, 7) is 6.95. The molecule has 0 rings (SSSR count). The standard InChI is InChI=1S/C15H32/c1-4-7-9-10-12-14-15(6-3)13-11-8-5-2/h15H,4-14H2,1-3H3. The van der Waals surface area contributed by atoms with Gasteiger partial charge in [-0.3, -0.25) is 0 Å². The number of hydrogen-bond donors (Lipinski definition) is 0. The maximum absolute atomic E-state index is 2.36. The zero-order chi connectivity index (χ0) is 11.4. The molecule has 0 saturated heterocycles. The second-order valence-corrected chi connectivity index (χ2v) is 4.97. The van der Waals surface area contributed by atoms with Gasteiger partial charge in [0.05, 0.1) is 0 Å². The quantitative estimate of drug-likeness (QED) is 0.371. The summed E-state index contributed by atoms with van der Waals surface area (Å²) in [7, 11) is 0. The Hall–Kier alpha value is 0. The Morgan fingerprint density at radius 3 is 1.60 bits per heavy atom. The molecule has 0 fully saturated rings. The average molecular weight is 212 g/mol. The molecule has 0 saturated carbocycles. The molecule has 0 aliphatic heterocycles. The Kier molecular flexibility index (Phi) is 12.1. The van der Waals surface area contributed by atoms with Gasteiger partial charge in [-0.1, -0.05) is 91.4 Å². The Morgan fingerprint density at radius 1 is 0.600 bits per heavy atom. The predicted molar refractivity (Wildman–Crippen MR) is 71.3 cm³/mol. The third kappa shape index (κ3) is 10.3. The molecule has 0 bridgehead atoms. The van der Waals surface area contributed by atoms with Crippen molar-refractivity contribution < 1.29 is 0 Å². The molecule has 92 valence electrons. The summed E-state index contributed by atoms with van der Waals surface area (Å²) in [6.07, 6.45) is 15.9. The van der Waals surface area contributed by atoms with Crippen LogP contribution in [-0.2, 0) is 0 Å². The van der Waals surface area contributed by atoms with Crippen LogP contribution in [0.2, 0.25) is 0 Å². The third-order valence-corrected chi connectivity index (χ3v) is 3.51. The second-order valence-electron chi connectivity index (χ2n) is 4.97. The fourth-order valence-corrected chi connectivity index (χ4v) is 2.27. The van der Waals surface area contributed by atoms with Gasteiger partial charge in [0, 0.05) is 0 Å². The molecule has 0 aliphatic rings. The minimum atomic E-state index is 1.03. The van der Waals surface area contributed by atoms with Crippen LogP contribution < -0.4 is 0 Å². The SMILES string of the molecule is CCCCCCCC(CC)CCCCC. The van der Waals surface area contributed by atoms with Crippen LogP contribution in [0.5, 0.6) is 0 Å². The van der Waals surface area contributed by atoms with E-state index in [-0.39, 0.29) is 0 Å². The first-order valence-corrected chi connectivity index (χ1v) is 7.35. The van der Waals surface area contributed by atoms with Gasteiger partial charge in [0.2, 0.25) is 0 Å². The summed E-state index contributed by atoms with van der Waals surface area (Å²) < 4.78 is 0. The van der Waals surface area contributed by atoms with Gasteiger partial charge in [0.25, 0.3) is 0 Å². The van der Waals surface area contributed by atoms with Crippen LogP contribution in [-0.4, -0.2) is 0 Å². The highest BCUT2D eigenvalue weighted by Gasteiger charge is 2.05. The third-order valence-electron chi connectivity index (χ3n) is 3.51. The summed E-state index contributed by atoms with van der Waals surface area (Å²) in [5.41, 5.74) is 0. The van der Waals surface area contributed by atoms with E-state index < -0.39 is 0 Å². The van der Waals surface area contributed by atoms with Crippen LogP contribution in [0.1, 0.15) is 91.4 Å². The van der Waals surface area contributed by atoms with Crippen molar-refractivity contribution in [1.82, 2.24) is 0 Å². The summed E-state index contributed by atoms with van der Waals surface area (Å²) in [6, 6.07) is 0. The van der Waals surface area contributed by atoms with Crippen molar-refractivity contribution in [2.75, 3.05) is 0 Å². The molecule has 0 amide bonds. The van der Waals surface area contributed by atoms with E-state index in [0.717, 1.165) is 5.92 Å². The minimum Gasteiger partial charge on any atom is -0.0654 e. The van der Waals surface area contributed by atoms with Crippen molar-refractivity contribution in [2.24, 2.45) is 5.92 Å². The number of unbranched alkanes of at least 4 members (excludes halogenated alkanes) is 6. The zero-order valence-corrected chi connectivity index (χ0v) is 11.4. The highest BCUT2D eigenvalue weighted by Crippen LogP contribution is 2.20. The lowest BCUT2D eigenvalue weighted by atomic mass is 9.92. The van der Waals surface area contributed by atoms with Gasteiger partial charge < -0.3 is 0 Å². The van der Waals surface area contributed by atoms with Crippen LogP contribution in [0.3, 0.4) is 0 Å². The van der Waals surface area contributed by atoms with Crippen LogP contribution in [0.25, 0.3) is 0 Å². The van der Waals surface area contributed by atoms with Crippen molar-refractivity contribution >= 4 is 0 Å².